The van der Waals surface area contributed by atoms with Crippen molar-refractivity contribution in [1.29, 1.82) is 0 Å². The third kappa shape index (κ3) is 3.97. The van der Waals surface area contributed by atoms with Crippen molar-refractivity contribution >= 4 is 5.91 Å². The molecule has 0 spiro atoms. The number of hydrogen-bond donors (Lipinski definition) is 2. The number of amides is 1. The summed E-state index contributed by atoms with van der Waals surface area (Å²) < 4.78 is 5.44. The molecule has 0 saturated carbocycles. The molecule has 4 heteroatoms. The van der Waals surface area contributed by atoms with Gasteiger partial charge in [-0.2, -0.15) is 0 Å². The fourth-order valence-electron chi connectivity index (χ4n) is 2.72. The highest BCUT2D eigenvalue weighted by Crippen LogP contribution is 2.27. The molecule has 2 rings (SSSR count). The van der Waals surface area contributed by atoms with E-state index in [1.165, 1.54) is 0 Å². The van der Waals surface area contributed by atoms with E-state index in [9.17, 15) is 4.79 Å². The molecular weight excluding hydrogens is 264 g/mol. The number of nitrogens with one attached hydrogen (secondary N) is 2. The van der Waals surface area contributed by atoms with Crippen LogP contribution in [-0.2, 0) is 4.79 Å². The first kappa shape index (κ1) is 15.8. The van der Waals surface area contributed by atoms with E-state index >= 15 is 0 Å². The first-order valence-electron chi connectivity index (χ1n) is 7.79. The molecule has 21 heavy (non-hydrogen) atoms. The summed E-state index contributed by atoms with van der Waals surface area (Å²) >= 11 is 0. The van der Waals surface area contributed by atoms with Gasteiger partial charge in [0.1, 0.15) is 5.75 Å². The molecule has 1 aromatic rings. The highest BCUT2D eigenvalue weighted by Gasteiger charge is 2.35. The molecule has 0 aliphatic carbocycles. The number of carbonyl (C=O) groups excluding carboxylic acids is 1. The Balaban J connectivity index is 1.96. The lowest BCUT2D eigenvalue weighted by Gasteiger charge is -2.33. The molecule has 116 valence electrons. The van der Waals surface area contributed by atoms with Gasteiger partial charge >= 0.3 is 0 Å². The molecule has 1 fully saturated rings. The molecule has 2 atom stereocenters. The fraction of sp³-hybridized carbons (Fsp3) is 0.588. The van der Waals surface area contributed by atoms with Gasteiger partial charge < -0.3 is 15.4 Å². The van der Waals surface area contributed by atoms with Crippen molar-refractivity contribution in [2.24, 2.45) is 5.41 Å². The predicted molar refractivity (Wildman–Crippen MR) is 84.4 cm³/mol. The Bertz CT molecular complexity index is 464. The van der Waals surface area contributed by atoms with Crippen molar-refractivity contribution in [3.63, 3.8) is 0 Å². The second-order valence-corrected chi connectivity index (χ2v) is 6.04. The molecule has 1 aromatic carbocycles. The lowest BCUT2D eigenvalue weighted by atomic mass is 9.81. The molecule has 1 aliphatic rings. The minimum atomic E-state index is -0.294. The first-order valence-corrected chi connectivity index (χ1v) is 7.79. The fourth-order valence-corrected chi connectivity index (χ4v) is 2.72. The highest BCUT2D eigenvalue weighted by atomic mass is 16.5. The Labute approximate surface area is 127 Å². The minimum absolute atomic E-state index is 0.00641. The van der Waals surface area contributed by atoms with Crippen molar-refractivity contribution in [2.75, 3.05) is 19.7 Å². The second kappa shape index (κ2) is 6.94. The van der Waals surface area contributed by atoms with Crippen LogP contribution in [0.1, 0.15) is 45.2 Å². The Kier molecular flexibility index (Phi) is 5.23. The number of ether oxygens (including phenoxy) is 1. The summed E-state index contributed by atoms with van der Waals surface area (Å²) in [6.07, 6.45) is 2.00. The summed E-state index contributed by atoms with van der Waals surface area (Å²) in [5, 5.41) is 6.45. The molecule has 0 aromatic heterocycles. The molecule has 1 aliphatic heterocycles. The van der Waals surface area contributed by atoms with Gasteiger partial charge in [-0.05, 0) is 57.9 Å². The van der Waals surface area contributed by atoms with Crippen LogP contribution in [0.5, 0.6) is 5.75 Å². The molecule has 4 nitrogen and oxygen atoms in total. The quantitative estimate of drug-likeness (QED) is 0.876. The summed E-state index contributed by atoms with van der Waals surface area (Å²) in [6.45, 7) is 8.46. The van der Waals surface area contributed by atoms with Gasteiger partial charge in [-0.15, -0.1) is 0 Å². The summed E-state index contributed by atoms with van der Waals surface area (Å²) in [7, 11) is 0. The third-order valence-corrected chi connectivity index (χ3v) is 4.18. The lowest BCUT2D eigenvalue weighted by molar-refractivity contribution is -0.131. The monoisotopic (exact) mass is 290 g/mol. The van der Waals surface area contributed by atoms with E-state index < -0.39 is 0 Å². The number of benzene rings is 1. The van der Waals surface area contributed by atoms with Crippen LogP contribution in [0.2, 0.25) is 0 Å². The van der Waals surface area contributed by atoms with Crippen LogP contribution < -0.4 is 15.4 Å². The van der Waals surface area contributed by atoms with Crippen molar-refractivity contribution < 1.29 is 9.53 Å². The molecule has 1 amide bonds. The summed E-state index contributed by atoms with van der Waals surface area (Å²) in [5.41, 5.74) is 0.803. The van der Waals surface area contributed by atoms with E-state index in [2.05, 4.69) is 10.6 Å². The molecule has 1 heterocycles. The molecule has 2 unspecified atom stereocenters. The van der Waals surface area contributed by atoms with E-state index in [1.807, 2.05) is 45.0 Å². The van der Waals surface area contributed by atoms with Crippen LogP contribution in [0.3, 0.4) is 0 Å². The topological polar surface area (TPSA) is 50.4 Å². The maximum absolute atomic E-state index is 12.5. The van der Waals surface area contributed by atoms with E-state index in [0.717, 1.165) is 37.2 Å². The zero-order valence-electron chi connectivity index (χ0n) is 13.2. The third-order valence-electron chi connectivity index (χ3n) is 4.18. The van der Waals surface area contributed by atoms with Crippen LogP contribution in [-0.4, -0.2) is 25.6 Å². The Hall–Kier alpha value is -1.55. The zero-order valence-corrected chi connectivity index (χ0v) is 13.2. The maximum atomic E-state index is 12.5. The Morgan fingerprint density at radius 3 is 2.71 bits per heavy atom. The van der Waals surface area contributed by atoms with Crippen LogP contribution >= 0.6 is 0 Å². The smallest absolute Gasteiger partial charge is 0.227 e. The van der Waals surface area contributed by atoms with Crippen LogP contribution in [0, 0.1) is 5.41 Å². The van der Waals surface area contributed by atoms with Gasteiger partial charge in [0.25, 0.3) is 0 Å². The molecule has 0 bridgehead atoms. The molecular formula is C17H26N2O2. The van der Waals surface area contributed by atoms with Crippen molar-refractivity contribution in [2.45, 2.75) is 39.7 Å². The van der Waals surface area contributed by atoms with Gasteiger partial charge in [-0.25, -0.2) is 0 Å². The average molecular weight is 290 g/mol. The largest absolute Gasteiger partial charge is 0.494 e. The zero-order chi connectivity index (χ0) is 15.3. The van der Waals surface area contributed by atoms with Crippen LogP contribution in [0.25, 0.3) is 0 Å². The molecule has 0 radical (unpaired) electrons. The summed E-state index contributed by atoms with van der Waals surface area (Å²) in [4.78, 5) is 12.5. The van der Waals surface area contributed by atoms with Gasteiger partial charge in [-0.3, -0.25) is 4.79 Å². The summed E-state index contributed by atoms with van der Waals surface area (Å²) in [5.74, 6) is 0.999. The Morgan fingerprint density at radius 1 is 1.43 bits per heavy atom. The number of piperidine rings is 1. The van der Waals surface area contributed by atoms with Gasteiger partial charge in [0.05, 0.1) is 18.1 Å². The molecule has 1 saturated heterocycles. The van der Waals surface area contributed by atoms with E-state index in [1.54, 1.807) is 0 Å². The van der Waals surface area contributed by atoms with Crippen LogP contribution in [0.4, 0.5) is 0 Å². The van der Waals surface area contributed by atoms with E-state index in [-0.39, 0.29) is 17.4 Å². The lowest BCUT2D eigenvalue weighted by Crippen LogP contribution is -2.49. The van der Waals surface area contributed by atoms with Gasteiger partial charge in [0, 0.05) is 6.54 Å². The van der Waals surface area contributed by atoms with Crippen molar-refractivity contribution in [1.82, 2.24) is 10.6 Å². The first-order chi connectivity index (χ1) is 10.0. The van der Waals surface area contributed by atoms with Crippen molar-refractivity contribution in [3.8, 4) is 5.75 Å². The van der Waals surface area contributed by atoms with Gasteiger partial charge in [0.15, 0.2) is 0 Å². The van der Waals surface area contributed by atoms with Crippen molar-refractivity contribution in [3.05, 3.63) is 29.8 Å². The van der Waals surface area contributed by atoms with Gasteiger partial charge in [0.2, 0.25) is 5.91 Å². The normalized spacial score (nSPS) is 23.4. The van der Waals surface area contributed by atoms with E-state index in [4.69, 9.17) is 4.74 Å². The van der Waals surface area contributed by atoms with E-state index in [0.29, 0.717) is 6.61 Å². The molecule has 2 N–H and O–H groups in total. The Morgan fingerprint density at radius 2 is 2.14 bits per heavy atom. The van der Waals surface area contributed by atoms with Crippen LogP contribution in [0.15, 0.2) is 24.3 Å². The standard InChI is InChI=1S/C17H26N2O2/c1-4-21-15-8-6-14(7-9-15)13(2)19-16(20)17(3)10-5-11-18-12-17/h6-9,13,18H,4-5,10-12H2,1-3H3,(H,19,20). The second-order valence-electron chi connectivity index (χ2n) is 6.04. The SMILES string of the molecule is CCOc1ccc(C(C)NC(=O)C2(C)CCCNC2)cc1. The minimum Gasteiger partial charge on any atom is -0.494 e. The number of carbonyl (C=O) groups is 1. The maximum Gasteiger partial charge on any atom is 0.227 e. The van der Waals surface area contributed by atoms with Gasteiger partial charge in [-0.1, -0.05) is 12.1 Å². The summed E-state index contributed by atoms with van der Waals surface area (Å²) in [6, 6.07) is 7.93. The number of rotatable bonds is 5. The predicted octanol–water partition coefficient (Wildman–Crippen LogP) is 2.65. The average Bonchev–Trinajstić information content (AvgIpc) is 2.49. The highest BCUT2D eigenvalue weighted by molar-refractivity contribution is 5.83. The number of hydrogen-bond acceptors (Lipinski definition) is 3.